The first-order valence-corrected chi connectivity index (χ1v) is 4.01. The SMILES string of the molecule is NC1(c2ccc(F)c(O)c2F)CC1. The molecule has 2 rings (SSSR count). The maximum absolute atomic E-state index is 13.2. The molecular weight excluding hydrogens is 176 g/mol. The van der Waals surface area contributed by atoms with Crippen LogP contribution in [0.2, 0.25) is 0 Å². The molecule has 0 heterocycles. The van der Waals surface area contributed by atoms with Crippen LogP contribution in [0.25, 0.3) is 0 Å². The topological polar surface area (TPSA) is 46.2 Å². The van der Waals surface area contributed by atoms with Crippen LogP contribution in [0.1, 0.15) is 18.4 Å². The van der Waals surface area contributed by atoms with E-state index in [-0.39, 0.29) is 5.56 Å². The minimum absolute atomic E-state index is 0.200. The lowest BCUT2D eigenvalue weighted by Crippen LogP contribution is -2.20. The maximum atomic E-state index is 13.2. The first-order chi connectivity index (χ1) is 6.04. The lowest BCUT2D eigenvalue weighted by Gasteiger charge is -2.11. The second-order valence-electron chi connectivity index (χ2n) is 3.41. The fourth-order valence-corrected chi connectivity index (χ4v) is 1.33. The molecule has 13 heavy (non-hydrogen) atoms. The van der Waals surface area contributed by atoms with Crippen molar-refractivity contribution in [1.82, 2.24) is 0 Å². The van der Waals surface area contributed by atoms with Crippen LogP contribution in [0.5, 0.6) is 5.75 Å². The summed E-state index contributed by atoms with van der Waals surface area (Å²) >= 11 is 0. The van der Waals surface area contributed by atoms with Gasteiger partial charge in [-0.05, 0) is 18.9 Å². The lowest BCUT2D eigenvalue weighted by atomic mass is 10.0. The lowest BCUT2D eigenvalue weighted by molar-refractivity contribution is 0.389. The van der Waals surface area contributed by atoms with Gasteiger partial charge in [-0.3, -0.25) is 0 Å². The van der Waals surface area contributed by atoms with Gasteiger partial charge in [-0.2, -0.15) is 0 Å². The van der Waals surface area contributed by atoms with E-state index in [0.29, 0.717) is 12.8 Å². The summed E-state index contributed by atoms with van der Waals surface area (Å²) in [7, 11) is 0. The summed E-state index contributed by atoms with van der Waals surface area (Å²) in [5, 5.41) is 8.97. The first-order valence-electron chi connectivity index (χ1n) is 4.01. The molecule has 0 unspecified atom stereocenters. The molecule has 4 heteroatoms. The van der Waals surface area contributed by atoms with Gasteiger partial charge < -0.3 is 10.8 Å². The van der Waals surface area contributed by atoms with Crippen molar-refractivity contribution in [2.24, 2.45) is 5.73 Å². The van der Waals surface area contributed by atoms with E-state index in [0.717, 1.165) is 6.07 Å². The molecule has 1 aliphatic carbocycles. The number of phenols is 1. The van der Waals surface area contributed by atoms with Gasteiger partial charge in [-0.25, -0.2) is 8.78 Å². The fourth-order valence-electron chi connectivity index (χ4n) is 1.33. The molecule has 0 spiro atoms. The number of phenolic OH excluding ortho intramolecular Hbond substituents is 1. The van der Waals surface area contributed by atoms with E-state index in [9.17, 15) is 8.78 Å². The second-order valence-corrected chi connectivity index (χ2v) is 3.41. The number of nitrogens with two attached hydrogens (primary N) is 1. The van der Waals surface area contributed by atoms with Gasteiger partial charge >= 0.3 is 0 Å². The molecule has 0 bridgehead atoms. The van der Waals surface area contributed by atoms with Crippen LogP contribution < -0.4 is 5.73 Å². The second kappa shape index (κ2) is 2.42. The van der Waals surface area contributed by atoms with E-state index < -0.39 is 22.9 Å². The summed E-state index contributed by atoms with van der Waals surface area (Å²) in [5.41, 5.74) is 5.23. The summed E-state index contributed by atoms with van der Waals surface area (Å²) in [6.07, 6.45) is 1.35. The van der Waals surface area contributed by atoms with Crippen molar-refractivity contribution in [1.29, 1.82) is 0 Å². The third kappa shape index (κ3) is 1.18. The molecule has 0 saturated heterocycles. The molecule has 2 nitrogen and oxygen atoms in total. The van der Waals surface area contributed by atoms with E-state index in [4.69, 9.17) is 10.8 Å². The van der Waals surface area contributed by atoms with Gasteiger partial charge in [-0.15, -0.1) is 0 Å². The Labute approximate surface area is 74.0 Å². The van der Waals surface area contributed by atoms with Gasteiger partial charge in [-0.1, -0.05) is 6.07 Å². The van der Waals surface area contributed by atoms with Gasteiger partial charge in [0.05, 0.1) is 0 Å². The number of benzene rings is 1. The van der Waals surface area contributed by atoms with Gasteiger partial charge in [0.15, 0.2) is 17.4 Å². The molecular formula is C9H9F2NO. The van der Waals surface area contributed by atoms with E-state index in [1.165, 1.54) is 6.07 Å². The van der Waals surface area contributed by atoms with Gasteiger partial charge in [0.2, 0.25) is 0 Å². The van der Waals surface area contributed by atoms with Crippen molar-refractivity contribution in [3.05, 3.63) is 29.3 Å². The Bertz CT molecular complexity index is 361. The predicted molar refractivity (Wildman–Crippen MR) is 43.1 cm³/mol. The molecule has 3 N–H and O–H groups in total. The molecule has 0 amide bonds. The third-order valence-electron chi connectivity index (χ3n) is 2.39. The summed E-state index contributed by atoms with van der Waals surface area (Å²) in [6.45, 7) is 0. The van der Waals surface area contributed by atoms with E-state index in [1.807, 2.05) is 0 Å². The molecule has 1 aromatic carbocycles. The van der Waals surface area contributed by atoms with Crippen molar-refractivity contribution in [3.8, 4) is 5.75 Å². The van der Waals surface area contributed by atoms with Crippen molar-refractivity contribution in [2.45, 2.75) is 18.4 Å². The van der Waals surface area contributed by atoms with Crippen LogP contribution in [0.15, 0.2) is 12.1 Å². The highest BCUT2D eigenvalue weighted by Gasteiger charge is 2.42. The Morgan fingerprint density at radius 2 is 1.92 bits per heavy atom. The third-order valence-corrected chi connectivity index (χ3v) is 2.39. The summed E-state index contributed by atoms with van der Waals surface area (Å²) in [6, 6.07) is 2.32. The molecule has 0 atom stereocenters. The minimum Gasteiger partial charge on any atom is -0.503 e. The summed E-state index contributed by atoms with van der Waals surface area (Å²) in [4.78, 5) is 0. The van der Waals surface area contributed by atoms with Crippen LogP contribution in [0.3, 0.4) is 0 Å². The van der Waals surface area contributed by atoms with Crippen LogP contribution >= 0.6 is 0 Å². The quantitative estimate of drug-likeness (QED) is 0.698. The number of aromatic hydroxyl groups is 1. The van der Waals surface area contributed by atoms with E-state index >= 15 is 0 Å². The number of hydrogen-bond acceptors (Lipinski definition) is 2. The molecule has 0 aromatic heterocycles. The van der Waals surface area contributed by atoms with Crippen LogP contribution in [-0.4, -0.2) is 5.11 Å². The molecule has 1 aliphatic rings. The minimum atomic E-state index is -0.953. The Morgan fingerprint density at radius 3 is 2.46 bits per heavy atom. The molecule has 70 valence electrons. The normalized spacial score (nSPS) is 18.7. The van der Waals surface area contributed by atoms with E-state index in [2.05, 4.69) is 0 Å². The molecule has 1 fully saturated rings. The number of rotatable bonds is 1. The summed E-state index contributed by atoms with van der Waals surface area (Å²) < 4.78 is 25.9. The zero-order valence-corrected chi connectivity index (χ0v) is 6.85. The van der Waals surface area contributed by atoms with E-state index in [1.54, 1.807) is 0 Å². The highest BCUT2D eigenvalue weighted by Crippen LogP contribution is 2.45. The Hall–Kier alpha value is -1.16. The monoisotopic (exact) mass is 185 g/mol. The fraction of sp³-hybridized carbons (Fsp3) is 0.333. The predicted octanol–water partition coefficient (Wildman–Crippen LogP) is 1.62. The highest BCUT2D eigenvalue weighted by molar-refractivity contribution is 5.38. The van der Waals surface area contributed by atoms with Crippen molar-refractivity contribution in [2.75, 3.05) is 0 Å². The average molecular weight is 185 g/mol. The standard InChI is InChI=1S/C9H9F2NO/c10-6-2-1-5(7(11)8(6)13)9(12)3-4-9/h1-2,13H,3-4,12H2. The van der Waals surface area contributed by atoms with Gasteiger partial charge in [0.1, 0.15) is 0 Å². The molecule has 1 saturated carbocycles. The molecule has 1 aromatic rings. The van der Waals surface area contributed by atoms with Crippen molar-refractivity contribution in [3.63, 3.8) is 0 Å². The summed E-state index contributed by atoms with van der Waals surface area (Å²) in [5.74, 6) is -2.82. The molecule has 0 aliphatic heterocycles. The van der Waals surface area contributed by atoms with Crippen LogP contribution in [0, 0.1) is 11.6 Å². The van der Waals surface area contributed by atoms with Crippen LogP contribution in [0.4, 0.5) is 8.78 Å². The van der Waals surface area contributed by atoms with Gasteiger partial charge in [0.25, 0.3) is 0 Å². The number of hydrogen-bond donors (Lipinski definition) is 2. The maximum Gasteiger partial charge on any atom is 0.188 e. The number of halogens is 2. The Kier molecular flexibility index (Phi) is 1.57. The Morgan fingerprint density at radius 1 is 1.31 bits per heavy atom. The van der Waals surface area contributed by atoms with Crippen molar-refractivity contribution < 1.29 is 13.9 Å². The zero-order chi connectivity index (χ0) is 9.64. The van der Waals surface area contributed by atoms with Crippen molar-refractivity contribution >= 4 is 0 Å². The Balaban J connectivity index is 2.54. The smallest absolute Gasteiger partial charge is 0.188 e. The van der Waals surface area contributed by atoms with Crippen LogP contribution in [-0.2, 0) is 5.54 Å². The zero-order valence-electron chi connectivity index (χ0n) is 6.85. The average Bonchev–Trinajstić information content (AvgIpc) is 2.80. The molecule has 0 radical (unpaired) electrons. The first kappa shape index (κ1) is 8.44. The highest BCUT2D eigenvalue weighted by atomic mass is 19.1. The largest absolute Gasteiger partial charge is 0.503 e. The van der Waals surface area contributed by atoms with Gasteiger partial charge in [0, 0.05) is 11.1 Å².